The monoisotopic (exact) mass is 365 g/mol. The molecule has 0 saturated carbocycles. The summed E-state index contributed by atoms with van der Waals surface area (Å²) in [6.07, 6.45) is 0. The van der Waals surface area contributed by atoms with Crippen LogP contribution in [0.2, 0.25) is 10.0 Å². The van der Waals surface area contributed by atoms with Crippen molar-refractivity contribution in [2.45, 2.75) is 0 Å². The number of amidine groups is 1. The average Bonchev–Trinajstić information content (AvgIpc) is 2.96. The summed E-state index contributed by atoms with van der Waals surface area (Å²) in [5.74, 6) is 0.707. The lowest BCUT2D eigenvalue weighted by Gasteiger charge is -2.08. The van der Waals surface area contributed by atoms with E-state index < -0.39 is 0 Å². The molecule has 122 valence electrons. The lowest BCUT2D eigenvalue weighted by molar-refractivity contribution is 1.51. The van der Waals surface area contributed by atoms with Gasteiger partial charge in [0.2, 0.25) is 0 Å². The van der Waals surface area contributed by atoms with Crippen molar-refractivity contribution >= 4 is 51.8 Å². The summed E-state index contributed by atoms with van der Waals surface area (Å²) in [6.45, 7) is 0. The second-order valence-electron chi connectivity index (χ2n) is 5.55. The molecule has 0 amide bonds. The molecule has 0 saturated heterocycles. The van der Waals surface area contributed by atoms with Crippen LogP contribution in [0.1, 0.15) is 5.56 Å². The first-order chi connectivity index (χ1) is 12.2. The Hall–Kier alpha value is -2.62. The summed E-state index contributed by atoms with van der Waals surface area (Å²) >= 11 is 11.9. The molecule has 0 aliphatic carbocycles. The van der Waals surface area contributed by atoms with Crippen LogP contribution in [0.15, 0.2) is 82.8 Å². The molecule has 1 heterocycles. The first-order valence-electron chi connectivity index (χ1n) is 7.74. The molecule has 0 atom stereocenters. The minimum absolute atomic E-state index is 0.684. The predicted octanol–water partition coefficient (Wildman–Crippen LogP) is 6.27. The maximum atomic E-state index is 5.96. The third kappa shape index (κ3) is 3.43. The van der Waals surface area contributed by atoms with Crippen molar-refractivity contribution in [3.63, 3.8) is 0 Å². The van der Waals surface area contributed by atoms with Crippen LogP contribution in [0.3, 0.4) is 0 Å². The van der Waals surface area contributed by atoms with Gasteiger partial charge in [-0.3, -0.25) is 0 Å². The highest BCUT2D eigenvalue weighted by Crippen LogP contribution is 2.29. The third-order valence-electron chi connectivity index (χ3n) is 3.79. The number of benzene rings is 3. The number of fused-ring (bicyclic) bond motifs is 1. The average molecular weight is 366 g/mol. The number of anilines is 1. The zero-order valence-corrected chi connectivity index (χ0v) is 14.6. The zero-order chi connectivity index (χ0) is 17.2. The van der Waals surface area contributed by atoms with Gasteiger partial charge in [-0.2, -0.15) is 0 Å². The number of hydrogen-bond donors (Lipinski definition) is 1. The van der Waals surface area contributed by atoms with E-state index >= 15 is 0 Å². The number of hydrogen-bond acceptors (Lipinski definition) is 3. The smallest absolute Gasteiger partial charge is 0.157 e. The molecule has 0 radical (unpaired) electrons. The number of nitrogens with zero attached hydrogens (tertiary/aromatic N) is 2. The highest BCUT2D eigenvalue weighted by Gasteiger charge is 2.22. The molecular formula is C20H13Cl2N3. The Labute approximate surface area is 155 Å². The van der Waals surface area contributed by atoms with Crippen LogP contribution in [0.4, 0.5) is 17.1 Å². The zero-order valence-electron chi connectivity index (χ0n) is 13.1. The number of para-hydroxylation sites is 1. The minimum atomic E-state index is 0.684. The highest BCUT2D eigenvalue weighted by molar-refractivity contribution is 6.55. The Bertz CT molecular complexity index is 975. The van der Waals surface area contributed by atoms with Gasteiger partial charge in [-0.25, -0.2) is 9.98 Å². The standard InChI is InChI=1S/C20H13Cl2N3/c21-13-5-9-15(10-6-13)23-19-17-3-1-2-4-18(17)25-20(19)24-16-11-7-14(22)8-12-16/h1-12H,(H,23,24,25). The maximum Gasteiger partial charge on any atom is 0.157 e. The van der Waals surface area contributed by atoms with E-state index in [9.17, 15) is 0 Å². The van der Waals surface area contributed by atoms with Crippen molar-refractivity contribution < 1.29 is 0 Å². The van der Waals surface area contributed by atoms with E-state index in [4.69, 9.17) is 28.2 Å². The molecule has 5 heteroatoms. The van der Waals surface area contributed by atoms with Gasteiger partial charge in [0.15, 0.2) is 5.84 Å². The van der Waals surface area contributed by atoms with Crippen LogP contribution in [0.5, 0.6) is 0 Å². The van der Waals surface area contributed by atoms with Gasteiger partial charge in [0.1, 0.15) is 5.71 Å². The van der Waals surface area contributed by atoms with Gasteiger partial charge < -0.3 is 5.32 Å². The van der Waals surface area contributed by atoms with Crippen molar-refractivity contribution in [1.82, 2.24) is 0 Å². The Morgan fingerprint density at radius 3 is 2.12 bits per heavy atom. The van der Waals surface area contributed by atoms with E-state index in [2.05, 4.69) is 10.3 Å². The first-order valence-corrected chi connectivity index (χ1v) is 8.50. The topological polar surface area (TPSA) is 36.8 Å². The van der Waals surface area contributed by atoms with Crippen molar-refractivity contribution in [3.8, 4) is 0 Å². The quantitative estimate of drug-likeness (QED) is 0.570. The van der Waals surface area contributed by atoms with Gasteiger partial charge in [-0.05, 0) is 54.6 Å². The first kappa shape index (κ1) is 15.9. The number of nitrogens with one attached hydrogen (secondary N) is 1. The largest absolute Gasteiger partial charge is 0.338 e. The van der Waals surface area contributed by atoms with Gasteiger partial charge in [0, 0.05) is 21.3 Å². The fourth-order valence-corrected chi connectivity index (χ4v) is 2.84. The van der Waals surface area contributed by atoms with Gasteiger partial charge in [0.25, 0.3) is 0 Å². The van der Waals surface area contributed by atoms with Crippen molar-refractivity contribution in [1.29, 1.82) is 0 Å². The van der Waals surface area contributed by atoms with Crippen LogP contribution >= 0.6 is 23.2 Å². The second kappa shape index (κ2) is 6.71. The molecule has 1 aliphatic heterocycles. The summed E-state index contributed by atoms with van der Waals surface area (Å²) < 4.78 is 0. The molecule has 3 aromatic carbocycles. The van der Waals surface area contributed by atoms with E-state index in [-0.39, 0.29) is 0 Å². The molecule has 25 heavy (non-hydrogen) atoms. The summed E-state index contributed by atoms with van der Waals surface area (Å²) in [7, 11) is 0. The van der Waals surface area contributed by atoms with Gasteiger partial charge in [-0.15, -0.1) is 0 Å². The Morgan fingerprint density at radius 1 is 0.760 bits per heavy atom. The second-order valence-corrected chi connectivity index (χ2v) is 6.42. The Balaban J connectivity index is 1.74. The Kier molecular flexibility index (Phi) is 4.26. The SMILES string of the molecule is Clc1ccc(N=C2C(Nc3ccc(Cl)cc3)=Nc3ccccc32)cc1. The highest BCUT2D eigenvalue weighted by atomic mass is 35.5. The molecular weight excluding hydrogens is 353 g/mol. The van der Waals surface area contributed by atoms with Crippen LogP contribution in [-0.4, -0.2) is 11.5 Å². The van der Waals surface area contributed by atoms with E-state index in [1.54, 1.807) is 0 Å². The van der Waals surface area contributed by atoms with Crippen molar-refractivity contribution in [3.05, 3.63) is 88.4 Å². The maximum absolute atomic E-state index is 5.96. The van der Waals surface area contributed by atoms with Gasteiger partial charge >= 0.3 is 0 Å². The molecule has 3 nitrogen and oxygen atoms in total. The Morgan fingerprint density at radius 2 is 1.40 bits per heavy atom. The predicted molar refractivity (Wildman–Crippen MR) is 106 cm³/mol. The van der Waals surface area contributed by atoms with E-state index in [1.165, 1.54) is 0 Å². The van der Waals surface area contributed by atoms with E-state index in [0.717, 1.165) is 28.3 Å². The van der Waals surface area contributed by atoms with Gasteiger partial charge in [0.05, 0.1) is 11.4 Å². The molecule has 3 aromatic rings. The molecule has 1 aliphatic rings. The molecule has 0 bridgehead atoms. The van der Waals surface area contributed by atoms with Crippen LogP contribution in [0, 0.1) is 0 Å². The normalized spacial score (nSPS) is 14.3. The summed E-state index contributed by atoms with van der Waals surface area (Å²) in [5.41, 5.74) is 4.41. The molecule has 0 aromatic heterocycles. The lowest BCUT2D eigenvalue weighted by atomic mass is 10.1. The fraction of sp³-hybridized carbons (Fsp3) is 0. The summed E-state index contributed by atoms with van der Waals surface area (Å²) in [6, 6.07) is 22.9. The van der Waals surface area contributed by atoms with Crippen LogP contribution < -0.4 is 5.32 Å². The fourth-order valence-electron chi connectivity index (χ4n) is 2.59. The van der Waals surface area contributed by atoms with Gasteiger partial charge in [-0.1, -0.05) is 41.4 Å². The number of halogens is 2. The van der Waals surface area contributed by atoms with E-state index in [1.807, 2.05) is 72.8 Å². The molecule has 0 fully saturated rings. The minimum Gasteiger partial charge on any atom is -0.338 e. The lowest BCUT2D eigenvalue weighted by Crippen LogP contribution is -2.20. The summed E-state index contributed by atoms with van der Waals surface area (Å²) in [5, 5.41) is 4.71. The summed E-state index contributed by atoms with van der Waals surface area (Å²) in [4.78, 5) is 9.45. The van der Waals surface area contributed by atoms with Crippen LogP contribution in [0.25, 0.3) is 0 Å². The van der Waals surface area contributed by atoms with E-state index in [0.29, 0.717) is 15.9 Å². The van der Waals surface area contributed by atoms with Crippen molar-refractivity contribution in [2.24, 2.45) is 9.98 Å². The van der Waals surface area contributed by atoms with Crippen LogP contribution in [-0.2, 0) is 0 Å². The number of aliphatic imine (C=N–C) groups is 2. The molecule has 1 N–H and O–H groups in total. The molecule has 0 unspecified atom stereocenters. The van der Waals surface area contributed by atoms with Crippen molar-refractivity contribution in [2.75, 3.05) is 5.32 Å². The number of rotatable bonds is 2. The molecule has 4 rings (SSSR count). The molecule has 0 spiro atoms. The third-order valence-corrected chi connectivity index (χ3v) is 4.29.